The lowest BCUT2D eigenvalue weighted by molar-refractivity contribution is -0.141. The van der Waals surface area contributed by atoms with Crippen LogP contribution in [0.5, 0.6) is 0 Å². The van der Waals surface area contributed by atoms with Crippen LogP contribution in [-0.2, 0) is 11.8 Å². The van der Waals surface area contributed by atoms with Crippen LogP contribution < -0.4 is 0 Å². The molecule has 2 unspecified atom stereocenters. The number of nitrogens with zero attached hydrogens (tertiary/aromatic N) is 2. The van der Waals surface area contributed by atoms with E-state index in [1.54, 1.807) is 46.6 Å². The van der Waals surface area contributed by atoms with Crippen molar-refractivity contribution in [3.05, 3.63) is 24.0 Å². The second-order valence-corrected chi connectivity index (χ2v) is 6.28. The minimum atomic E-state index is -0.904. The van der Waals surface area contributed by atoms with Gasteiger partial charge in [0.15, 0.2) is 0 Å². The molecule has 0 radical (unpaired) electrons. The largest absolute Gasteiger partial charge is 0.480 e. The van der Waals surface area contributed by atoms with Gasteiger partial charge in [-0.15, -0.1) is 11.8 Å². The van der Waals surface area contributed by atoms with E-state index in [1.165, 1.54) is 0 Å². The number of aryl methyl sites for hydroxylation is 1. The van der Waals surface area contributed by atoms with Gasteiger partial charge in [-0.1, -0.05) is 0 Å². The normalized spacial score (nSPS) is 26.7. The molecule has 1 aliphatic carbocycles. The molecule has 5 nitrogen and oxygen atoms in total. The number of rotatable bonds is 3. The summed E-state index contributed by atoms with van der Waals surface area (Å²) in [6.45, 7) is 0. The third-order valence-corrected chi connectivity index (χ3v) is 5.20. The Bertz CT molecular complexity index is 524. The molecule has 1 saturated heterocycles. The molecule has 1 aliphatic heterocycles. The molecule has 1 N–H and O–H groups in total. The number of hydrogen-bond acceptors (Lipinski definition) is 3. The van der Waals surface area contributed by atoms with E-state index in [-0.39, 0.29) is 11.3 Å². The number of carboxylic acids is 1. The van der Waals surface area contributed by atoms with Crippen molar-refractivity contribution in [1.82, 2.24) is 9.47 Å². The molecule has 0 bridgehead atoms. The second kappa shape index (κ2) is 4.59. The molecule has 1 aromatic rings. The molecule has 6 heteroatoms. The molecule has 3 rings (SSSR count). The van der Waals surface area contributed by atoms with E-state index >= 15 is 0 Å². The van der Waals surface area contributed by atoms with Gasteiger partial charge in [0.25, 0.3) is 5.91 Å². The number of carboxylic acid groups (broad SMARTS) is 1. The van der Waals surface area contributed by atoms with Gasteiger partial charge in [0.05, 0.1) is 5.37 Å². The van der Waals surface area contributed by atoms with Crippen LogP contribution in [0.1, 0.15) is 23.3 Å². The number of amides is 1. The highest BCUT2D eigenvalue weighted by molar-refractivity contribution is 8.00. The SMILES string of the molecule is Cn1cccc1C(=O)N1C(C(=O)O)CSC1C1CC1. The molecule has 1 amide bonds. The second-order valence-electron chi connectivity index (χ2n) is 5.13. The summed E-state index contributed by atoms with van der Waals surface area (Å²) in [7, 11) is 1.80. The first-order chi connectivity index (χ1) is 9.09. The lowest BCUT2D eigenvalue weighted by atomic mass is 10.2. The first-order valence-corrected chi connectivity index (χ1v) is 7.43. The Labute approximate surface area is 115 Å². The van der Waals surface area contributed by atoms with Crippen LogP contribution in [-0.4, -0.2) is 43.6 Å². The van der Waals surface area contributed by atoms with Crippen LogP contribution in [0.2, 0.25) is 0 Å². The Morgan fingerprint density at radius 1 is 1.42 bits per heavy atom. The Hall–Kier alpha value is -1.43. The van der Waals surface area contributed by atoms with E-state index in [0.29, 0.717) is 17.4 Å². The Balaban J connectivity index is 1.91. The van der Waals surface area contributed by atoms with E-state index in [4.69, 9.17) is 0 Å². The van der Waals surface area contributed by atoms with Gasteiger partial charge in [-0.05, 0) is 30.9 Å². The average molecular weight is 280 g/mol. The molecule has 1 aromatic heterocycles. The first kappa shape index (κ1) is 12.6. The van der Waals surface area contributed by atoms with Gasteiger partial charge in [0.2, 0.25) is 0 Å². The molecule has 0 aromatic carbocycles. The molecule has 2 fully saturated rings. The fourth-order valence-electron chi connectivity index (χ4n) is 2.54. The molecule has 102 valence electrons. The van der Waals surface area contributed by atoms with E-state index in [1.807, 2.05) is 0 Å². The minimum Gasteiger partial charge on any atom is -0.480 e. The lowest BCUT2D eigenvalue weighted by Gasteiger charge is -2.27. The summed E-state index contributed by atoms with van der Waals surface area (Å²) in [5.74, 6) is -0.106. The third-order valence-electron chi connectivity index (χ3n) is 3.74. The lowest BCUT2D eigenvalue weighted by Crippen LogP contribution is -2.46. The van der Waals surface area contributed by atoms with Crippen molar-refractivity contribution in [1.29, 1.82) is 0 Å². The van der Waals surface area contributed by atoms with Crippen molar-refractivity contribution in [2.24, 2.45) is 13.0 Å². The molecular formula is C13H16N2O3S. The smallest absolute Gasteiger partial charge is 0.327 e. The van der Waals surface area contributed by atoms with Gasteiger partial charge >= 0.3 is 5.97 Å². The maximum absolute atomic E-state index is 12.6. The van der Waals surface area contributed by atoms with Gasteiger partial charge in [-0.25, -0.2) is 4.79 Å². The maximum Gasteiger partial charge on any atom is 0.327 e. The monoisotopic (exact) mass is 280 g/mol. The van der Waals surface area contributed by atoms with E-state index in [9.17, 15) is 14.7 Å². The summed E-state index contributed by atoms with van der Waals surface area (Å²) >= 11 is 1.60. The number of aliphatic carboxylic acids is 1. The van der Waals surface area contributed by atoms with Gasteiger partial charge in [0, 0.05) is 19.0 Å². The summed E-state index contributed by atoms with van der Waals surface area (Å²) in [6.07, 6.45) is 4.00. The van der Waals surface area contributed by atoms with Crippen LogP contribution in [0.3, 0.4) is 0 Å². The van der Waals surface area contributed by atoms with E-state index in [2.05, 4.69) is 0 Å². The number of thioether (sulfide) groups is 1. The summed E-state index contributed by atoms with van der Waals surface area (Å²) in [6, 6.07) is 2.85. The van der Waals surface area contributed by atoms with Crippen LogP contribution in [0.4, 0.5) is 0 Å². The zero-order valence-electron chi connectivity index (χ0n) is 10.7. The van der Waals surface area contributed by atoms with Gasteiger partial charge in [-0.2, -0.15) is 0 Å². The molecule has 2 aliphatic rings. The van der Waals surface area contributed by atoms with Gasteiger partial charge < -0.3 is 14.6 Å². The van der Waals surface area contributed by atoms with E-state index in [0.717, 1.165) is 12.8 Å². The summed E-state index contributed by atoms with van der Waals surface area (Å²) in [5, 5.41) is 9.34. The van der Waals surface area contributed by atoms with Crippen molar-refractivity contribution in [2.45, 2.75) is 24.3 Å². The van der Waals surface area contributed by atoms with Crippen molar-refractivity contribution in [3.8, 4) is 0 Å². The topological polar surface area (TPSA) is 62.5 Å². The van der Waals surface area contributed by atoms with Gasteiger partial charge in [-0.3, -0.25) is 4.79 Å². The maximum atomic E-state index is 12.6. The van der Waals surface area contributed by atoms with Crippen LogP contribution >= 0.6 is 11.8 Å². The highest BCUT2D eigenvalue weighted by atomic mass is 32.2. The van der Waals surface area contributed by atoms with Crippen molar-refractivity contribution in [3.63, 3.8) is 0 Å². The fourth-order valence-corrected chi connectivity index (χ4v) is 4.17. The first-order valence-electron chi connectivity index (χ1n) is 6.38. The van der Waals surface area contributed by atoms with Crippen molar-refractivity contribution >= 4 is 23.6 Å². The van der Waals surface area contributed by atoms with Gasteiger partial charge in [0.1, 0.15) is 11.7 Å². The molecule has 0 spiro atoms. The quantitative estimate of drug-likeness (QED) is 0.909. The van der Waals surface area contributed by atoms with E-state index < -0.39 is 12.0 Å². The van der Waals surface area contributed by atoms with Crippen LogP contribution in [0, 0.1) is 5.92 Å². The minimum absolute atomic E-state index is 0.0310. The molecule has 19 heavy (non-hydrogen) atoms. The number of aromatic nitrogens is 1. The Morgan fingerprint density at radius 2 is 2.16 bits per heavy atom. The number of carbonyl (C=O) groups excluding carboxylic acids is 1. The highest BCUT2D eigenvalue weighted by Gasteiger charge is 2.48. The number of hydrogen-bond donors (Lipinski definition) is 1. The predicted octanol–water partition coefficient (Wildman–Crippen LogP) is 1.40. The Kier molecular flexibility index (Phi) is 3.05. The highest BCUT2D eigenvalue weighted by Crippen LogP contribution is 2.45. The number of carbonyl (C=O) groups is 2. The fraction of sp³-hybridized carbons (Fsp3) is 0.538. The average Bonchev–Trinajstić information content (AvgIpc) is 2.97. The summed E-state index contributed by atoms with van der Waals surface area (Å²) in [5.41, 5.74) is 0.555. The molecule has 1 saturated carbocycles. The van der Waals surface area contributed by atoms with Crippen LogP contribution in [0.25, 0.3) is 0 Å². The summed E-state index contributed by atoms with van der Waals surface area (Å²) < 4.78 is 1.74. The predicted molar refractivity (Wildman–Crippen MR) is 72.0 cm³/mol. The molecular weight excluding hydrogens is 264 g/mol. The molecule has 2 heterocycles. The zero-order valence-corrected chi connectivity index (χ0v) is 11.5. The summed E-state index contributed by atoms with van der Waals surface area (Å²) in [4.78, 5) is 25.5. The third kappa shape index (κ3) is 2.14. The van der Waals surface area contributed by atoms with Crippen molar-refractivity contribution < 1.29 is 14.7 Å². The van der Waals surface area contributed by atoms with Crippen LogP contribution in [0.15, 0.2) is 18.3 Å². The zero-order chi connectivity index (χ0) is 13.6. The standard InChI is InChI=1S/C13H16N2O3S/c1-14-6-2-3-9(14)11(16)15-10(13(17)18)7-19-12(15)8-4-5-8/h2-3,6,8,10,12H,4-5,7H2,1H3,(H,17,18). The van der Waals surface area contributed by atoms with Crippen molar-refractivity contribution in [2.75, 3.05) is 5.75 Å². The molecule has 2 atom stereocenters. The Morgan fingerprint density at radius 3 is 2.68 bits per heavy atom.